The van der Waals surface area contributed by atoms with Crippen molar-refractivity contribution < 1.29 is 5.11 Å². The van der Waals surface area contributed by atoms with Gasteiger partial charge in [0.2, 0.25) is 0 Å². The maximum absolute atomic E-state index is 10.1. The van der Waals surface area contributed by atoms with Crippen LogP contribution in [-0.2, 0) is 0 Å². The molecule has 1 aliphatic carbocycles. The summed E-state index contributed by atoms with van der Waals surface area (Å²) in [6, 6.07) is 0. The molecule has 15 heavy (non-hydrogen) atoms. The van der Waals surface area contributed by atoms with Crippen molar-refractivity contribution in [1.82, 2.24) is 0 Å². The largest absolute Gasteiger partial charge is 0.393 e. The monoisotopic (exact) mass is 212 g/mol. The number of aliphatic hydroxyl groups excluding tert-OH is 1. The topological polar surface area (TPSA) is 20.2 Å². The van der Waals surface area contributed by atoms with E-state index < -0.39 is 0 Å². The summed E-state index contributed by atoms with van der Waals surface area (Å²) >= 11 is 0. The van der Waals surface area contributed by atoms with E-state index >= 15 is 0 Å². The van der Waals surface area contributed by atoms with E-state index in [0.717, 1.165) is 30.6 Å². The number of hydrogen-bond acceptors (Lipinski definition) is 1. The Morgan fingerprint density at radius 3 is 2.47 bits per heavy atom. The highest BCUT2D eigenvalue weighted by Gasteiger charge is 2.32. The van der Waals surface area contributed by atoms with Gasteiger partial charge in [-0.05, 0) is 42.9 Å². The van der Waals surface area contributed by atoms with Gasteiger partial charge in [-0.1, -0.05) is 40.5 Å². The molecule has 1 N–H and O–H groups in total. The van der Waals surface area contributed by atoms with Crippen LogP contribution in [0.4, 0.5) is 0 Å². The number of hydrogen-bond donors (Lipinski definition) is 1. The van der Waals surface area contributed by atoms with Crippen molar-refractivity contribution in [2.75, 3.05) is 0 Å². The first-order valence-corrected chi connectivity index (χ1v) is 6.74. The third-order valence-electron chi connectivity index (χ3n) is 4.32. The van der Waals surface area contributed by atoms with E-state index in [4.69, 9.17) is 0 Å². The third-order valence-corrected chi connectivity index (χ3v) is 4.32. The Bertz CT molecular complexity index is 176. The van der Waals surface area contributed by atoms with Crippen molar-refractivity contribution in [3.8, 4) is 0 Å². The van der Waals surface area contributed by atoms with Crippen LogP contribution >= 0.6 is 0 Å². The van der Waals surface area contributed by atoms with Gasteiger partial charge in [0, 0.05) is 0 Å². The Morgan fingerprint density at radius 2 is 1.93 bits per heavy atom. The minimum Gasteiger partial charge on any atom is -0.393 e. The van der Waals surface area contributed by atoms with Gasteiger partial charge in [0.25, 0.3) is 0 Å². The standard InChI is InChI=1S/C14H28O/c1-5-6-14(15)13-9-12(10(2)3)8-7-11(13)4/h10-15H,5-9H2,1-4H3/t11-,12+,13-,14-/m0/s1. The van der Waals surface area contributed by atoms with Gasteiger partial charge in [0.1, 0.15) is 0 Å². The maximum Gasteiger partial charge on any atom is 0.0570 e. The van der Waals surface area contributed by atoms with Gasteiger partial charge in [-0.2, -0.15) is 0 Å². The Hall–Kier alpha value is -0.0400. The molecule has 0 heterocycles. The normalized spacial score (nSPS) is 34.4. The number of rotatable bonds is 4. The molecule has 1 aliphatic rings. The molecule has 1 fully saturated rings. The van der Waals surface area contributed by atoms with Crippen molar-refractivity contribution in [3.63, 3.8) is 0 Å². The van der Waals surface area contributed by atoms with Gasteiger partial charge >= 0.3 is 0 Å². The zero-order valence-electron chi connectivity index (χ0n) is 10.9. The summed E-state index contributed by atoms with van der Waals surface area (Å²) in [6.07, 6.45) is 5.98. The second kappa shape index (κ2) is 5.89. The highest BCUT2D eigenvalue weighted by atomic mass is 16.3. The Kier molecular flexibility index (Phi) is 5.11. The zero-order chi connectivity index (χ0) is 11.4. The van der Waals surface area contributed by atoms with E-state index in [1.807, 2.05) is 0 Å². The zero-order valence-corrected chi connectivity index (χ0v) is 10.9. The van der Waals surface area contributed by atoms with E-state index in [1.54, 1.807) is 0 Å². The molecule has 90 valence electrons. The van der Waals surface area contributed by atoms with E-state index in [0.29, 0.717) is 5.92 Å². The molecule has 0 bridgehead atoms. The lowest BCUT2D eigenvalue weighted by atomic mass is 9.69. The van der Waals surface area contributed by atoms with Crippen LogP contribution in [0.5, 0.6) is 0 Å². The molecule has 1 saturated carbocycles. The smallest absolute Gasteiger partial charge is 0.0570 e. The first-order chi connectivity index (χ1) is 7.06. The van der Waals surface area contributed by atoms with E-state index in [1.165, 1.54) is 19.3 Å². The molecule has 0 aliphatic heterocycles. The second-order valence-corrected chi connectivity index (χ2v) is 5.81. The third kappa shape index (κ3) is 3.48. The summed E-state index contributed by atoms with van der Waals surface area (Å²) < 4.78 is 0. The van der Waals surface area contributed by atoms with E-state index in [-0.39, 0.29) is 6.10 Å². The lowest BCUT2D eigenvalue weighted by molar-refractivity contribution is 0.0222. The molecule has 1 nitrogen and oxygen atoms in total. The van der Waals surface area contributed by atoms with Crippen LogP contribution in [-0.4, -0.2) is 11.2 Å². The molecular weight excluding hydrogens is 184 g/mol. The van der Waals surface area contributed by atoms with Crippen LogP contribution in [0.2, 0.25) is 0 Å². The van der Waals surface area contributed by atoms with Gasteiger partial charge in [-0.25, -0.2) is 0 Å². The molecule has 0 amide bonds. The molecule has 4 atom stereocenters. The van der Waals surface area contributed by atoms with Crippen molar-refractivity contribution in [2.24, 2.45) is 23.7 Å². The number of aliphatic hydroxyl groups is 1. The van der Waals surface area contributed by atoms with Crippen LogP contribution < -0.4 is 0 Å². The summed E-state index contributed by atoms with van der Waals surface area (Å²) in [5.74, 6) is 2.92. The molecule has 0 unspecified atom stereocenters. The molecule has 0 spiro atoms. The molecule has 0 aromatic heterocycles. The van der Waals surface area contributed by atoms with E-state index in [2.05, 4.69) is 27.7 Å². The van der Waals surface area contributed by atoms with Crippen LogP contribution in [0.25, 0.3) is 0 Å². The van der Waals surface area contributed by atoms with Crippen molar-refractivity contribution >= 4 is 0 Å². The lowest BCUT2D eigenvalue weighted by Gasteiger charge is -2.38. The summed E-state index contributed by atoms with van der Waals surface area (Å²) in [6.45, 7) is 9.13. The van der Waals surface area contributed by atoms with E-state index in [9.17, 15) is 5.11 Å². The average Bonchev–Trinajstić information content (AvgIpc) is 2.18. The molecule has 1 heteroatoms. The SMILES string of the molecule is CCC[C@H](O)[C@H]1C[C@H](C(C)C)CC[C@@H]1C. The van der Waals surface area contributed by atoms with Gasteiger partial charge in [0.05, 0.1) is 6.10 Å². The fourth-order valence-corrected chi connectivity index (χ4v) is 3.04. The minimum atomic E-state index is -0.0495. The fraction of sp³-hybridized carbons (Fsp3) is 1.00. The van der Waals surface area contributed by atoms with Crippen LogP contribution in [0.1, 0.15) is 59.8 Å². The second-order valence-electron chi connectivity index (χ2n) is 5.81. The average molecular weight is 212 g/mol. The van der Waals surface area contributed by atoms with Crippen LogP contribution in [0, 0.1) is 23.7 Å². The summed E-state index contributed by atoms with van der Waals surface area (Å²) in [5.41, 5.74) is 0. The van der Waals surface area contributed by atoms with Gasteiger partial charge in [0.15, 0.2) is 0 Å². The quantitative estimate of drug-likeness (QED) is 0.750. The molecule has 0 aromatic carbocycles. The van der Waals surface area contributed by atoms with Gasteiger partial charge in [-0.3, -0.25) is 0 Å². The highest BCUT2D eigenvalue weighted by Crippen LogP contribution is 2.39. The van der Waals surface area contributed by atoms with Gasteiger partial charge in [-0.15, -0.1) is 0 Å². The summed E-state index contributed by atoms with van der Waals surface area (Å²) in [7, 11) is 0. The molecule has 0 radical (unpaired) electrons. The lowest BCUT2D eigenvalue weighted by Crippen LogP contribution is -2.34. The Balaban J connectivity index is 2.52. The molecule has 0 saturated heterocycles. The van der Waals surface area contributed by atoms with Crippen LogP contribution in [0.3, 0.4) is 0 Å². The van der Waals surface area contributed by atoms with Crippen molar-refractivity contribution in [1.29, 1.82) is 0 Å². The first kappa shape index (κ1) is 13.0. The first-order valence-electron chi connectivity index (χ1n) is 6.74. The summed E-state index contributed by atoms with van der Waals surface area (Å²) in [4.78, 5) is 0. The predicted molar refractivity (Wildman–Crippen MR) is 65.7 cm³/mol. The molecular formula is C14H28O. The van der Waals surface area contributed by atoms with Crippen molar-refractivity contribution in [2.45, 2.75) is 65.9 Å². The molecule has 1 rings (SSSR count). The minimum absolute atomic E-state index is 0.0495. The summed E-state index contributed by atoms with van der Waals surface area (Å²) in [5, 5.41) is 10.1. The van der Waals surface area contributed by atoms with Crippen molar-refractivity contribution in [3.05, 3.63) is 0 Å². The Labute approximate surface area is 95.3 Å². The Morgan fingerprint density at radius 1 is 1.27 bits per heavy atom. The maximum atomic E-state index is 10.1. The van der Waals surface area contributed by atoms with Crippen LogP contribution in [0.15, 0.2) is 0 Å². The fourth-order valence-electron chi connectivity index (χ4n) is 3.04. The van der Waals surface area contributed by atoms with Gasteiger partial charge < -0.3 is 5.11 Å². The predicted octanol–water partition coefficient (Wildman–Crippen LogP) is 3.86. The molecule has 0 aromatic rings. The highest BCUT2D eigenvalue weighted by molar-refractivity contribution is 4.83.